The van der Waals surface area contributed by atoms with Gasteiger partial charge >= 0.3 is 0 Å². The smallest absolute Gasteiger partial charge is 0.272 e. The fourth-order valence-electron chi connectivity index (χ4n) is 2.56. The van der Waals surface area contributed by atoms with Crippen molar-refractivity contribution in [3.8, 4) is 0 Å². The molecule has 0 saturated carbocycles. The highest BCUT2D eigenvalue weighted by Gasteiger charge is 2.21. The topological polar surface area (TPSA) is 61.4 Å². The number of hydrogen-bond acceptors (Lipinski definition) is 5. The molecule has 126 valence electrons. The van der Waals surface area contributed by atoms with Gasteiger partial charge in [-0.3, -0.25) is 4.79 Å². The van der Waals surface area contributed by atoms with Gasteiger partial charge in [0.15, 0.2) is 0 Å². The normalized spacial score (nSPS) is 15.4. The molecule has 1 aromatic heterocycles. The van der Waals surface area contributed by atoms with E-state index >= 15 is 0 Å². The quantitative estimate of drug-likeness (QED) is 0.873. The fourth-order valence-corrected chi connectivity index (χ4v) is 2.81. The summed E-state index contributed by atoms with van der Waals surface area (Å²) in [4.78, 5) is 25.2. The van der Waals surface area contributed by atoms with Crippen molar-refractivity contribution in [1.82, 2.24) is 19.8 Å². The molecule has 1 aromatic carbocycles. The Morgan fingerprint density at radius 2 is 1.96 bits per heavy atom. The van der Waals surface area contributed by atoms with Crippen molar-refractivity contribution in [2.75, 3.05) is 38.5 Å². The average Bonchev–Trinajstić information content (AvgIpc) is 2.58. The van der Waals surface area contributed by atoms with Crippen LogP contribution in [0, 0.1) is 6.92 Å². The van der Waals surface area contributed by atoms with Gasteiger partial charge in [0.05, 0.1) is 0 Å². The number of nitrogens with zero attached hydrogens (tertiary/aromatic N) is 4. The van der Waals surface area contributed by atoms with E-state index in [1.807, 2.05) is 30.0 Å². The Balaban J connectivity index is 1.73. The molecular formula is C17H20BrN5O. The molecule has 1 amide bonds. The van der Waals surface area contributed by atoms with Crippen LogP contribution in [0.3, 0.4) is 0 Å². The van der Waals surface area contributed by atoms with Gasteiger partial charge in [0.25, 0.3) is 5.91 Å². The highest BCUT2D eigenvalue weighted by Crippen LogP contribution is 2.21. The molecule has 6 nitrogen and oxygen atoms in total. The Labute approximate surface area is 150 Å². The largest absolute Gasteiger partial charge is 0.335 e. The molecule has 0 radical (unpaired) electrons. The minimum Gasteiger partial charge on any atom is -0.335 e. The lowest BCUT2D eigenvalue weighted by Crippen LogP contribution is -2.47. The van der Waals surface area contributed by atoms with E-state index in [4.69, 9.17) is 0 Å². The predicted octanol–water partition coefficient (Wildman–Crippen LogP) is 2.68. The number of aryl methyl sites for hydroxylation is 1. The molecule has 1 N–H and O–H groups in total. The van der Waals surface area contributed by atoms with Crippen LogP contribution in [0.15, 0.2) is 34.9 Å². The summed E-state index contributed by atoms with van der Waals surface area (Å²) in [6.45, 7) is 5.26. The highest BCUT2D eigenvalue weighted by molar-refractivity contribution is 9.10. The monoisotopic (exact) mass is 389 g/mol. The maximum absolute atomic E-state index is 12.6. The second-order valence-electron chi connectivity index (χ2n) is 5.95. The van der Waals surface area contributed by atoms with E-state index in [9.17, 15) is 4.79 Å². The van der Waals surface area contributed by atoms with E-state index in [-0.39, 0.29) is 5.91 Å². The molecule has 0 unspecified atom stereocenters. The van der Waals surface area contributed by atoms with Crippen LogP contribution in [0.1, 0.15) is 16.1 Å². The zero-order valence-corrected chi connectivity index (χ0v) is 15.4. The summed E-state index contributed by atoms with van der Waals surface area (Å²) < 4.78 is 1.05. The summed E-state index contributed by atoms with van der Waals surface area (Å²) in [5, 5.41) is 3.16. The van der Waals surface area contributed by atoms with Crippen LogP contribution in [0.25, 0.3) is 0 Å². The van der Waals surface area contributed by atoms with Crippen LogP contribution in [-0.4, -0.2) is 58.9 Å². The summed E-state index contributed by atoms with van der Waals surface area (Å²) in [7, 11) is 2.06. The van der Waals surface area contributed by atoms with E-state index in [1.54, 1.807) is 12.3 Å². The summed E-state index contributed by atoms with van der Waals surface area (Å²) in [5.41, 5.74) is 2.43. The number of aromatic nitrogens is 2. The lowest BCUT2D eigenvalue weighted by Gasteiger charge is -2.32. The van der Waals surface area contributed by atoms with Crippen molar-refractivity contribution in [2.45, 2.75) is 6.92 Å². The van der Waals surface area contributed by atoms with Gasteiger partial charge in [0, 0.05) is 42.5 Å². The minimum absolute atomic E-state index is 0.0412. The Morgan fingerprint density at radius 3 is 2.67 bits per heavy atom. The molecule has 3 rings (SSSR count). The molecule has 2 heterocycles. The van der Waals surface area contributed by atoms with Crippen LogP contribution >= 0.6 is 15.9 Å². The van der Waals surface area contributed by atoms with Gasteiger partial charge in [0.2, 0.25) is 5.95 Å². The van der Waals surface area contributed by atoms with Crippen molar-refractivity contribution in [3.63, 3.8) is 0 Å². The van der Waals surface area contributed by atoms with Gasteiger partial charge in [-0.05, 0) is 43.8 Å². The molecule has 1 aliphatic heterocycles. The number of piperazine rings is 1. The summed E-state index contributed by atoms with van der Waals surface area (Å²) in [6.07, 6.45) is 1.62. The zero-order chi connectivity index (χ0) is 17.1. The third kappa shape index (κ3) is 3.91. The number of carbonyl (C=O) groups excluding carboxylic acids is 1. The van der Waals surface area contributed by atoms with Crippen molar-refractivity contribution >= 4 is 33.5 Å². The molecule has 7 heteroatoms. The Kier molecular flexibility index (Phi) is 5.11. The van der Waals surface area contributed by atoms with Gasteiger partial charge in [-0.15, -0.1) is 0 Å². The number of amides is 1. The second kappa shape index (κ2) is 7.27. The highest BCUT2D eigenvalue weighted by atomic mass is 79.9. The van der Waals surface area contributed by atoms with Crippen molar-refractivity contribution in [2.24, 2.45) is 0 Å². The fraction of sp³-hybridized carbons (Fsp3) is 0.353. The van der Waals surface area contributed by atoms with Crippen LogP contribution in [-0.2, 0) is 0 Å². The first-order chi connectivity index (χ1) is 11.5. The summed E-state index contributed by atoms with van der Waals surface area (Å²) in [5.74, 6) is 0.386. The number of benzene rings is 1. The average molecular weight is 390 g/mol. The van der Waals surface area contributed by atoms with Crippen LogP contribution in [0.4, 0.5) is 11.6 Å². The number of anilines is 2. The molecule has 0 atom stereocenters. The standard InChI is InChI=1S/C17H20BrN5O/c1-12-11-13(3-4-14(12)18)20-17-19-6-5-15(21-17)16(24)23-9-7-22(2)8-10-23/h3-6,11H,7-10H2,1-2H3,(H,19,20,21). The minimum atomic E-state index is -0.0412. The van der Waals surface area contributed by atoms with Crippen LogP contribution in [0.2, 0.25) is 0 Å². The van der Waals surface area contributed by atoms with E-state index < -0.39 is 0 Å². The SMILES string of the molecule is Cc1cc(Nc2nccc(C(=O)N3CCN(C)CC3)n2)ccc1Br. The van der Waals surface area contributed by atoms with Gasteiger partial charge in [-0.1, -0.05) is 15.9 Å². The van der Waals surface area contributed by atoms with Crippen molar-refractivity contribution < 1.29 is 4.79 Å². The molecule has 24 heavy (non-hydrogen) atoms. The first kappa shape index (κ1) is 16.9. The molecule has 0 bridgehead atoms. The van der Waals surface area contributed by atoms with Crippen LogP contribution in [0.5, 0.6) is 0 Å². The number of likely N-dealkylation sites (N-methyl/N-ethyl adjacent to an activating group) is 1. The van der Waals surface area contributed by atoms with E-state index in [0.717, 1.165) is 41.9 Å². The first-order valence-corrected chi connectivity index (χ1v) is 8.66. The first-order valence-electron chi connectivity index (χ1n) is 7.87. The van der Waals surface area contributed by atoms with E-state index in [2.05, 4.69) is 43.2 Å². The number of hydrogen-bond donors (Lipinski definition) is 1. The Hall–Kier alpha value is -1.99. The molecule has 0 spiro atoms. The lowest BCUT2D eigenvalue weighted by molar-refractivity contribution is 0.0658. The molecule has 1 saturated heterocycles. The summed E-state index contributed by atoms with van der Waals surface area (Å²) in [6, 6.07) is 7.58. The molecule has 0 aliphatic carbocycles. The molecule has 1 fully saturated rings. The maximum Gasteiger partial charge on any atom is 0.272 e. The van der Waals surface area contributed by atoms with Crippen molar-refractivity contribution in [1.29, 1.82) is 0 Å². The third-order valence-electron chi connectivity index (χ3n) is 4.08. The molecular weight excluding hydrogens is 370 g/mol. The van der Waals surface area contributed by atoms with Gasteiger partial charge in [0.1, 0.15) is 5.69 Å². The van der Waals surface area contributed by atoms with Gasteiger partial charge in [-0.2, -0.15) is 0 Å². The molecule has 2 aromatic rings. The Bertz CT molecular complexity index is 744. The summed E-state index contributed by atoms with van der Waals surface area (Å²) >= 11 is 3.48. The number of carbonyl (C=O) groups is 1. The molecule has 1 aliphatic rings. The Morgan fingerprint density at radius 1 is 1.21 bits per heavy atom. The van der Waals surface area contributed by atoms with E-state index in [1.165, 1.54) is 0 Å². The second-order valence-corrected chi connectivity index (χ2v) is 6.80. The number of rotatable bonds is 3. The number of halogens is 1. The lowest BCUT2D eigenvalue weighted by atomic mass is 10.2. The third-order valence-corrected chi connectivity index (χ3v) is 4.97. The predicted molar refractivity (Wildman–Crippen MR) is 97.6 cm³/mol. The van der Waals surface area contributed by atoms with Crippen LogP contribution < -0.4 is 5.32 Å². The van der Waals surface area contributed by atoms with E-state index in [0.29, 0.717) is 11.6 Å². The van der Waals surface area contributed by atoms with Gasteiger partial charge in [-0.25, -0.2) is 9.97 Å². The van der Waals surface area contributed by atoms with Gasteiger partial charge < -0.3 is 15.1 Å². The zero-order valence-electron chi connectivity index (χ0n) is 13.8. The maximum atomic E-state index is 12.6. The number of nitrogens with one attached hydrogen (secondary N) is 1. The van der Waals surface area contributed by atoms with Crippen molar-refractivity contribution in [3.05, 3.63) is 46.2 Å².